The summed E-state index contributed by atoms with van der Waals surface area (Å²) in [5.74, 6) is -0.375. The maximum absolute atomic E-state index is 12.7. The number of benzene rings is 2. The molecular weight excluding hydrogens is 430 g/mol. The zero-order valence-corrected chi connectivity index (χ0v) is 18.6. The smallest absolute Gasteiger partial charge is 0.252 e. The van der Waals surface area contributed by atoms with Crippen LogP contribution >= 0.6 is 23.4 Å². The molecule has 0 unspecified atom stereocenters. The molecule has 2 aromatic carbocycles. The maximum Gasteiger partial charge on any atom is 0.252 e. The van der Waals surface area contributed by atoms with Crippen molar-refractivity contribution in [2.45, 2.75) is 4.90 Å². The van der Waals surface area contributed by atoms with Crippen LogP contribution in [0.5, 0.6) is 0 Å². The number of sulfonamides is 1. The zero-order valence-electron chi connectivity index (χ0n) is 16.2. The van der Waals surface area contributed by atoms with Crippen molar-refractivity contribution in [3.63, 3.8) is 0 Å². The van der Waals surface area contributed by atoms with Gasteiger partial charge >= 0.3 is 0 Å². The van der Waals surface area contributed by atoms with E-state index in [1.807, 2.05) is 42.7 Å². The Labute approximate surface area is 181 Å². The third kappa shape index (κ3) is 5.45. The monoisotopic (exact) mass is 453 g/mol. The van der Waals surface area contributed by atoms with E-state index in [2.05, 4.69) is 10.2 Å². The van der Waals surface area contributed by atoms with E-state index >= 15 is 0 Å². The van der Waals surface area contributed by atoms with Gasteiger partial charge in [-0.3, -0.25) is 4.79 Å². The third-order valence-electron chi connectivity index (χ3n) is 4.82. The van der Waals surface area contributed by atoms with Gasteiger partial charge in [-0.25, -0.2) is 8.42 Å². The quantitative estimate of drug-likeness (QED) is 0.653. The molecule has 0 aliphatic carbocycles. The second-order valence-corrected chi connectivity index (χ2v) is 9.95. The van der Waals surface area contributed by atoms with Gasteiger partial charge in [0.25, 0.3) is 5.91 Å². The number of anilines is 1. The van der Waals surface area contributed by atoms with Crippen LogP contribution in [-0.4, -0.2) is 63.4 Å². The number of carbonyl (C=O) groups excluding carboxylic acids is 1. The molecular formula is C20H24ClN3O3S2. The van der Waals surface area contributed by atoms with E-state index in [1.165, 1.54) is 16.1 Å². The van der Waals surface area contributed by atoms with Crippen molar-refractivity contribution in [1.82, 2.24) is 9.62 Å². The van der Waals surface area contributed by atoms with Crippen molar-refractivity contribution in [1.29, 1.82) is 0 Å². The summed E-state index contributed by atoms with van der Waals surface area (Å²) in [5.41, 5.74) is 1.48. The van der Waals surface area contributed by atoms with Gasteiger partial charge in [0.05, 0.1) is 22.0 Å². The summed E-state index contributed by atoms with van der Waals surface area (Å²) in [4.78, 5) is 15.3. The highest BCUT2D eigenvalue weighted by Gasteiger charge is 2.27. The second-order valence-electron chi connectivity index (χ2n) is 6.61. The van der Waals surface area contributed by atoms with E-state index in [0.29, 0.717) is 36.8 Å². The Kier molecular flexibility index (Phi) is 7.45. The van der Waals surface area contributed by atoms with Crippen LogP contribution in [0.4, 0.5) is 5.69 Å². The summed E-state index contributed by atoms with van der Waals surface area (Å²) in [6.07, 6.45) is 1.90. The van der Waals surface area contributed by atoms with E-state index in [9.17, 15) is 13.2 Å². The van der Waals surface area contributed by atoms with Crippen LogP contribution in [0.3, 0.4) is 0 Å². The number of thioether (sulfide) groups is 1. The lowest BCUT2D eigenvalue weighted by atomic mass is 10.2. The first kappa shape index (κ1) is 22.0. The molecule has 0 atom stereocenters. The summed E-state index contributed by atoms with van der Waals surface area (Å²) in [6.45, 7) is 2.04. The van der Waals surface area contributed by atoms with E-state index in [1.54, 1.807) is 12.1 Å². The fraction of sp³-hybridized carbons (Fsp3) is 0.350. The molecule has 2 aromatic rings. The predicted octanol–water partition coefficient (Wildman–Crippen LogP) is 2.94. The molecule has 6 nitrogen and oxygen atoms in total. The van der Waals surface area contributed by atoms with Gasteiger partial charge in [-0.15, -0.1) is 11.8 Å². The molecule has 0 bridgehead atoms. The van der Waals surface area contributed by atoms with Gasteiger partial charge in [-0.05, 0) is 30.5 Å². The Hall–Kier alpha value is -1.74. The number of nitrogens with zero attached hydrogens (tertiary/aromatic N) is 2. The van der Waals surface area contributed by atoms with Gasteiger partial charge in [0, 0.05) is 37.6 Å². The zero-order chi connectivity index (χ0) is 20.9. The summed E-state index contributed by atoms with van der Waals surface area (Å²) in [5, 5.41) is 3.39. The van der Waals surface area contributed by atoms with E-state index in [-0.39, 0.29) is 18.2 Å². The van der Waals surface area contributed by atoms with Crippen LogP contribution in [0.25, 0.3) is 0 Å². The molecule has 1 aliphatic heterocycles. The molecule has 1 saturated heterocycles. The van der Waals surface area contributed by atoms with E-state index < -0.39 is 10.0 Å². The first-order chi connectivity index (χ1) is 13.9. The number of hydrogen-bond acceptors (Lipinski definition) is 5. The van der Waals surface area contributed by atoms with E-state index in [0.717, 1.165) is 10.6 Å². The molecule has 1 amide bonds. The Morgan fingerprint density at radius 3 is 2.41 bits per heavy atom. The number of rotatable bonds is 7. The van der Waals surface area contributed by atoms with Crippen LogP contribution in [0.15, 0.2) is 53.4 Å². The highest BCUT2D eigenvalue weighted by atomic mass is 35.5. The molecule has 1 N–H and O–H groups in total. The van der Waals surface area contributed by atoms with Gasteiger partial charge in [0.2, 0.25) is 10.0 Å². The Balaban J connectivity index is 1.52. The molecule has 156 valence electrons. The number of halogens is 1. The van der Waals surface area contributed by atoms with Crippen LogP contribution in [0, 0.1) is 0 Å². The normalized spacial score (nSPS) is 15.3. The standard InChI is InChI=1S/C20H24ClN3O3S2/c1-28-19-9-5-2-6-16(19)20(25)22-10-15-29(26,27)24-13-11-23(12-14-24)18-8-4-3-7-17(18)21/h2-9H,10-15H2,1H3,(H,22,25). The minimum Gasteiger partial charge on any atom is -0.368 e. The highest BCUT2D eigenvalue weighted by Crippen LogP contribution is 2.26. The fourth-order valence-corrected chi connectivity index (χ4v) is 5.45. The lowest BCUT2D eigenvalue weighted by molar-refractivity contribution is 0.0953. The number of piperazine rings is 1. The number of nitrogens with one attached hydrogen (secondary N) is 1. The van der Waals surface area contributed by atoms with Crippen molar-refractivity contribution in [2.75, 3.05) is 49.6 Å². The van der Waals surface area contributed by atoms with Gasteiger partial charge in [0.1, 0.15) is 0 Å². The molecule has 3 rings (SSSR count). The fourth-order valence-electron chi connectivity index (χ4n) is 3.27. The lowest BCUT2D eigenvalue weighted by Gasteiger charge is -2.35. The molecule has 1 aliphatic rings. The molecule has 9 heteroatoms. The average molecular weight is 454 g/mol. The van der Waals surface area contributed by atoms with Crippen molar-refractivity contribution in [3.8, 4) is 0 Å². The number of hydrogen-bond donors (Lipinski definition) is 1. The van der Waals surface area contributed by atoms with Crippen LogP contribution in [-0.2, 0) is 10.0 Å². The van der Waals surface area contributed by atoms with E-state index in [4.69, 9.17) is 11.6 Å². The number of amides is 1. The molecule has 0 radical (unpaired) electrons. The third-order valence-corrected chi connectivity index (χ3v) is 7.81. The van der Waals surface area contributed by atoms with Crippen LogP contribution < -0.4 is 10.2 Å². The molecule has 1 fully saturated rings. The van der Waals surface area contributed by atoms with Crippen molar-refractivity contribution in [3.05, 3.63) is 59.1 Å². The topological polar surface area (TPSA) is 69.7 Å². The molecule has 0 aromatic heterocycles. The Morgan fingerprint density at radius 2 is 1.72 bits per heavy atom. The van der Waals surface area contributed by atoms with Crippen molar-refractivity contribution >= 4 is 45.0 Å². The van der Waals surface area contributed by atoms with Gasteiger partial charge in [-0.1, -0.05) is 35.9 Å². The molecule has 0 saturated carbocycles. The minimum atomic E-state index is -3.44. The highest BCUT2D eigenvalue weighted by molar-refractivity contribution is 7.98. The lowest BCUT2D eigenvalue weighted by Crippen LogP contribution is -2.50. The second kappa shape index (κ2) is 9.84. The summed E-state index contributed by atoms with van der Waals surface area (Å²) in [6, 6.07) is 14.8. The Bertz CT molecular complexity index is 961. The maximum atomic E-state index is 12.7. The summed E-state index contributed by atoms with van der Waals surface area (Å²) in [7, 11) is -3.44. The molecule has 29 heavy (non-hydrogen) atoms. The van der Waals surface area contributed by atoms with Crippen LogP contribution in [0.2, 0.25) is 5.02 Å². The first-order valence-electron chi connectivity index (χ1n) is 9.31. The van der Waals surface area contributed by atoms with Crippen LogP contribution in [0.1, 0.15) is 10.4 Å². The number of carbonyl (C=O) groups is 1. The summed E-state index contributed by atoms with van der Waals surface area (Å²) < 4.78 is 26.8. The van der Waals surface area contributed by atoms with Gasteiger partial charge in [0.15, 0.2) is 0 Å². The largest absolute Gasteiger partial charge is 0.368 e. The predicted molar refractivity (Wildman–Crippen MR) is 120 cm³/mol. The van der Waals surface area contributed by atoms with Gasteiger partial charge in [-0.2, -0.15) is 4.31 Å². The van der Waals surface area contributed by atoms with Crippen molar-refractivity contribution < 1.29 is 13.2 Å². The van der Waals surface area contributed by atoms with Gasteiger partial charge < -0.3 is 10.2 Å². The minimum absolute atomic E-state index is 0.0780. The SMILES string of the molecule is CSc1ccccc1C(=O)NCCS(=O)(=O)N1CCN(c2ccccc2Cl)CC1. The first-order valence-corrected chi connectivity index (χ1v) is 12.5. The molecule has 0 spiro atoms. The number of para-hydroxylation sites is 1. The van der Waals surface area contributed by atoms with Crippen molar-refractivity contribution in [2.24, 2.45) is 0 Å². The summed E-state index contributed by atoms with van der Waals surface area (Å²) >= 11 is 7.72. The molecule has 1 heterocycles. The Morgan fingerprint density at radius 1 is 1.07 bits per heavy atom. The average Bonchev–Trinajstić information content (AvgIpc) is 2.74.